The Hall–Kier alpha value is 4.03. The van der Waals surface area contributed by atoms with E-state index >= 15 is 0 Å². The summed E-state index contributed by atoms with van der Waals surface area (Å²) in [5.74, 6) is 0. The minimum atomic E-state index is -5.38. The molecule has 0 spiro atoms. The van der Waals surface area contributed by atoms with Crippen LogP contribution in [-0.2, 0) is 63.9 Å². The van der Waals surface area contributed by atoms with Gasteiger partial charge in [0.2, 0.25) is 0 Å². The van der Waals surface area contributed by atoms with E-state index in [1.807, 2.05) is 0 Å². The van der Waals surface area contributed by atoms with Crippen molar-refractivity contribution in [1.29, 1.82) is 0 Å². The van der Waals surface area contributed by atoms with Crippen LogP contribution in [-0.4, -0.2) is 90.6 Å². The van der Waals surface area contributed by atoms with Crippen molar-refractivity contribution in [1.82, 2.24) is 0 Å². The van der Waals surface area contributed by atoms with Crippen LogP contribution in [0.25, 0.3) is 0 Å². The molecule has 11 heavy (non-hydrogen) atoms. The van der Waals surface area contributed by atoms with Crippen molar-refractivity contribution in [3.8, 4) is 0 Å². The van der Waals surface area contributed by atoms with Gasteiger partial charge in [0.25, 0.3) is 0 Å². The molecule has 5 nitrogen and oxygen atoms in total. The van der Waals surface area contributed by atoms with E-state index in [-0.39, 0.29) is 138 Å². The molecule has 0 aliphatic rings. The summed E-state index contributed by atoms with van der Waals surface area (Å²) in [7, 11) is 0. The van der Waals surface area contributed by atoms with Crippen LogP contribution in [0.15, 0.2) is 0 Å². The molecule has 0 amide bonds. The van der Waals surface area contributed by atoms with Gasteiger partial charge in [0.05, 0.1) is 0 Å². The summed E-state index contributed by atoms with van der Waals surface area (Å²) >= 11 is -5.38. The fourth-order valence-corrected chi connectivity index (χ4v) is 0. The predicted octanol–water partition coefficient (Wildman–Crippen LogP) is -2.62. The monoisotopic (exact) mass is 401 g/mol. The van der Waals surface area contributed by atoms with E-state index in [0.29, 0.717) is 0 Å². The first-order valence-corrected chi connectivity index (χ1v) is 2.61. The molecule has 11 heteroatoms. The molecule has 3 N–H and O–H groups in total. The van der Waals surface area contributed by atoms with E-state index in [4.69, 9.17) is 15.7 Å². The van der Waals surface area contributed by atoms with Crippen LogP contribution in [0.1, 0.15) is 0 Å². The third-order valence-electron chi connectivity index (χ3n) is 0. The molecule has 0 heterocycles. The zero-order chi connectivity index (χ0) is 4.50. The maximum absolute atomic E-state index is 8.69. The van der Waals surface area contributed by atoms with E-state index in [9.17, 15) is 0 Å². The van der Waals surface area contributed by atoms with E-state index in [0.717, 1.165) is 0 Å². The number of rotatable bonds is 0. The van der Waals surface area contributed by atoms with E-state index in [1.165, 1.54) is 0 Å². The van der Waals surface area contributed by atoms with Crippen LogP contribution in [0, 0.1) is 0 Å². The van der Waals surface area contributed by atoms with Gasteiger partial charge in [-0.3, -0.25) is 0 Å². The first-order chi connectivity index (χ1) is 2.00. The molecule has 0 rings (SSSR count). The molecular formula is H6AgClFeKMnNaO5. The molecule has 0 saturated heterocycles. The Morgan fingerprint density at radius 1 is 1.09 bits per heavy atom. The van der Waals surface area contributed by atoms with E-state index < -0.39 is 13.0 Å². The first-order valence-electron chi connectivity index (χ1n) is 0.632. The molecule has 0 aromatic heterocycles. The van der Waals surface area contributed by atoms with Gasteiger partial charge < -0.3 is 5.48 Å². The van der Waals surface area contributed by atoms with Gasteiger partial charge in [-0.2, -0.15) is 0 Å². The average Bonchev–Trinajstić information content (AvgIpc) is 0.722. The molecule has 0 aromatic rings. The van der Waals surface area contributed by atoms with Crippen LogP contribution in [0.2, 0.25) is 0 Å². The zero-order valence-corrected chi connectivity index (χ0v) is 8.20. The number of hydrogen-bond donors (Lipinski definition) is 1. The van der Waals surface area contributed by atoms with E-state index in [1.54, 1.807) is 0 Å². The third kappa shape index (κ3) is 125. The molecule has 0 unspecified atom stereocenters. The van der Waals surface area contributed by atoms with Crippen molar-refractivity contribution in [2.24, 2.45) is 0 Å². The molecule has 0 fully saturated rings. The Morgan fingerprint density at radius 3 is 1.09 bits per heavy atom. The number of hydrogen-bond acceptors (Lipinski definition) is 3. The minimum absolute atomic E-state index is 0. The Bertz CT molecular complexity index is 148. The molecule has 1 radical (unpaired) electrons. The molecule has 0 aliphatic carbocycles. The van der Waals surface area contributed by atoms with Gasteiger partial charge in [0.15, 0.2) is 0 Å². The van der Waals surface area contributed by atoms with Crippen molar-refractivity contribution in [2.45, 2.75) is 0 Å². The molecule has 0 aromatic carbocycles. The van der Waals surface area contributed by atoms with E-state index in [2.05, 4.69) is 0 Å². The van der Waals surface area contributed by atoms with Crippen LogP contribution in [0.4, 0.5) is 0 Å². The topological polar surface area (TPSA) is 103 Å². The fraction of sp³-hybridized carbons (Fsp3) is 0. The average molecular weight is 402 g/mol. The van der Waals surface area contributed by atoms with Crippen molar-refractivity contribution < 1.29 is 73.6 Å². The zero-order valence-electron chi connectivity index (χ0n) is 3.61. The van der Waals surface area contributed by atoms with Crippen LogP contribution in [0.3, 0.4) is 0 Å². The summed E-state index contributed by atoms with van der Waals surface area (Å²) < 4.78 is 33.1. The van der Waals surface area contributed by atoms with Gasteiger partial charge in [0.1, 0.15) is 0 Å². The fourth-order valence-electron chi connectivity index (χ4n) is 0. The molecular weight excluding hydrogens is 396 g/mol. The van der Waals surface area contributed by atoms with Crippen molar-refractivity contribution in [2.75, 3.05) is 0 Å². The standard InChI is InChI=1S/Ag.ClH.Fe.K.Mn.Na.2H2O.3O.2H/h;1H;;;;;2*1H2;;;;;/q;;;;+1;;;;;;;;/p-1. The Kier molecular flexibility index (Phi) is 98.8. The normalized spacial score (nSPS) is 5.18. The van der Waals surface area contributed by atoms with Crippen molar-refractivity contribution in [3.63, 3.8) is 0 Å². The Morgan fingerprint density at radius 2 is 1.09 bits per heavy atom. The van der Waals surface area contributed by atoms with Gasteiger partial charge in [-0.1, -0.05) is 0 Å². The van der Waals surface area contributed by atoms with Gasteiger partial charge >= 0.3 is 110 Å². The molecule has 0 saturated carbocycles. The quantitative estimate of drug-likeness (QED) is 0.448. The SMILES string of the molecule is Cl.O.[Ag].[Fe].[KH].[NaH].[O]=[Mn](=[O])(=[O])[OH]. The second-order valence-corrected chi connectivity index (χ2v) is 1.63. The molecule has 71 valence electrons. The molecule has 0 bridgehead atoms. The first kappa shape index (κ1) is 45.9. The van der Waals surface area contributed by atoms with Crippen LogP contribution in [0.5, 0.6) is 0 Å². The summed E-state index contributed by atoms with van der Waals surface area (Å²) in [4.78, 5) is 0. The maximum atomic E-state index is 8.69. The third-order valence-corrected chi connectivity index (χ3v) is 0. The second-order valence-electron chi connectivity index (χ2n) is 0.396. The summed E-state index contributed by atoms with van der Waals surface area (Å²) in [5, 5.41) is 0. The van der Waals surface area contributed by atoms with Crippen LogP contribution >= 0.6 is 12.4 Å². The molecule has 0 aliphatic heterocycles. The van der Waals surface area contributed by atoms with Gasteiger partial charge in [-0.25, -0.2) is 0 Å². The van der Waals surface area contributed by atoms with Crippen LogP contribution < -0.4 is 0 Å². The number of halogens is 1. The van der Waals surface area contributed by atoms with Gasteiger partial charge in [-0.15, -0.1) is 12.4 Å². The van der Waals surface area contributed by atoms with Gasteiger partial charge in [0, 0.05) is 39.4 Å². The summed E-state index contributed by atoms with van der Waals surface area (Å²) in [6.07, 6.45) is 0. The molecule has 0 atom stereocenters. The summed E-state index contributed by atoms with van der Waals surface area (Å²) in [6, 6.07) is 0. The van der Waals surface area contributed by atoms with Crippen molar-refractivity contribution >= 4 is 93.3 Å². The van der Waals surface area contributed by atoms with Gasteiger partial charge in [-0.05, 0) is 0 Å². The summed E-state index contributed by atoms with van der Waals surface area (Å²) in [5.41, 5.74) is 0. The van der Waals surface area contributed by atoms with Crippen molar-refractivity contribution in [3.05, 3.63) is 0 Å². The Labute approximate surface area is 163 Å². The summed E-state index contributed by atoms with van der Waals surface area (Å²) in [6.45, 7) is 0. The predicted molar refractivity (Wildman–Crippen MR) is 29.4 cm³/mol. The second kappa shape index (κ2) is 23.7. The Balaban J connectivity index is -0.00000000533.